The minimum atomic E-state index is 0.0701. The molecule has 25 heavy (non-hydrogen) atoms. The Morgan fingerprint density at radius 2 is 1.92 bits per heavy atom. The smallest absolute Gasteiger partial charge is 0.261 e. The Bertz CT molecular complexity index is 746. The van der Waals surface area contributed by atoms with Crippen LogP contribution >= 0.6 is 11.3 Å². The van der Waals surface area contributed by atoms with Crippen molar-refractivity contribution in [3.63, 3.8) is 0 Å². The number of nitrogens with one attached hydrogen (secondary N) is 1. The molecule has 2 aromatic rings. The first-order chi connectivity index (χ1) is 12.3. The van der Waals surface area contributed by atoms with Gasteiger partial charge in [0.25, 0.3) is 5.91 Å². The molecule has 1 aromatic heterocycles. The summed E-state index contributed by atoms with van der Waals surface area (Å²) >= 11 is 1.51. The Morgan fingerprint density at radius 3 is 2.80 bits per heavy atom. The third-order valence-corrected chi connectivity index (χ3v) is 6.27. The summed E-state index contributed by atoms with van der Waals surface area (Å²) in [6, 6.07) is 8.75. The number of hydrogen-bond acceptors (Lipinski definition) is 3. The van der Waals surface area contributed by atoms with Crippen molar-refractivity contribution in [1.29, 1.82) is 0 Å². The summed E-state index contributed by atoms with van der Waals surface area (Å²) in [6.45, 7) is 0.520. The van der Waals surface area contributed by atoms with E-state index in [1.54, 1.807) is 0 Å². The molecule has 1 saturated carbocycles. The van der Waals surface area contributed by atoms with Gasteiger partial charge in [-0.15, -0.1) is 11.3 Å². The molecule has 1 fully saturated rings. The van der Waals surface area contributed by atoms with Gasteiger partial charge in [0.1, 0.15) is 12.4 Å². The number of fused-ring (bicyclic) bond motifs is 1. The van der Waals surface area contributed by atoms with Crippen molar-refractivity contribution in [2.24, 2.45) is 0 Å². The molecule has 3 nitrogen and oxygen atoms in total. The van der Waals surface area contributed by atoms with Crippen LogP contribution in [0.3, 0.4) is 0 Å². The van der Waals surface area contributed by atoms with Gasteiger partial charge in [0, 0.05) is 11.6 Å². The topological polar surface area (TPSA) is 38.3 Å². The van der Waals surface area contributed by atoms with Crippen molar-refractivity contribution in [3.8, 4) is 5.75 Å². The van der Waals surface area contributed by atoms with Crippen molar-refractivity contribution < 1.29 is 9.53 Å². The van der Waals surface area contributed by atoms with Crippen LogP contribution in [-0.4, -0.2) is 11.9 Å². The predicted molar refractivity (Wildman–Crippen MR) is 101 cm³/mol. The highest BCUT2D eigenvalue weighted by molar-refractivity contribution is 7.12. The normalized spacial score (nSPS) is 17.3. The maximum absolute atomic E-state index is 12.4. The Labute approximate surface area is 153 Å². The molecule has 1 N–H and O–H groups in total. The van der Waals surface area contributed by atoms with Gasteiger partial charge in [-0.25, -0.2) is 0 Å². The molecule has 1 amide bonds. The average molecular weight is 356 g/mol. The third kappa shape index (κ3) is 4.06. The molecule has 0 radical (unpaired) electrons. The number of amides is 1. The van der Waals surface area contributed by atoms with Gasteiger partial charge in [0.05, 0.1) is 4.88 Å². The number of hydrogen-bond donors (Lipinski definition) is 1. The van der Waals surface area contributed by atoms with E-state index in [2.05, 4.69) is 23.5 Å². The summed E-state index contributed by atoms with van der Waals surface area (Å²) in [7, 11) is 0. The molecule has 4 heteroatoms. The molecule has 2 aliphatic rings. The van der Waals surface area contributed by atoms with Crippen LogP contribution in [0.2, 0.25) is 0 Å². The van der Waals surface area contributed by atoms with Gasteiger partial charge in [-0.05, 0) is 66.8 Å². The van der Waals surface area contributed by atoms with Crippen LogP contribution in [0.25, 0.3) is 0 Å². The number of carbonyl (C=O) groups is 1. The zero-order valence-electron chi connectivity index (χ0n) is 14.6. The van der Waals surface area contributed by atoms with E-state index < -0.39 is 0 Å². The minimum absolute atomic E-state index is 0.0701. The fourth-order valence-corrected chi connectivity index (χ4v) is 4.68. The largest absolute Gasteiger partial charge is 0.489 e. The molecule has 0 atom stereocenters. The Kier molecular flexibility index (Phi) is 5.07. The van der Waals surface area contributed by atoms with Crippen molar-refractivity contribution in [2.75, 3.05) is 0 Å². The lowest BCUT2D eigenvalue weighted by molar-refractivity contribution is 0.0932. The number of aryl methyl sites for hydroxylation is 2. The molecular weight excluding hydrogens is 330 g/mol. The van der Waals surface area contributed by atoms with E-state index in [0.29, 0.717) is 12.6 Å². The molecule has 0 aliphatic heterocycles. The summed E-state index contributed by atoms with van der Waals surface area (Å²) in [5, 5.41) is 5.21. The molecule has 4 rings (SSSR count). The monoisotopic (exact) mass is 355 g/mol. The van der Waals surface area contributed by atoms with E-state index in [9.17, 15) is 4.79 Å². The molecule has 1 aromatic carbocycles. The Balaban J connectivity index is 1.32. The van der Waals surface area contributed by atoms with Crippen LogP contribution < -0.4 is 10.1 Å². The zero-order chi connectivity index (χ0) is 17.1. The van der Waals surface area contributed by atoms with Gasteiger partial charge in [0.15, 0.2) is 0 Å². The minimum Gasteiger partial charge on any atom is -0.489 e. The predicted octanol–water partition coefficient (Wildman–Crippen LogP) is 4.88. The van der Waals surface area contributed by atoms with Crippen LogP contribution in [0.5, 0.6) is 5.75 Å². The second kappa shape index (κ2) is 7.61. The van der Waals surface area contributed by atoms with Crippen LogP contribution in [-0.2, 0) is 19.4 Å². The number of ether oxygens (including phenoxy) is 1. The fraction of sp³-hybridized carbons (Fsp3) is 0.476. The highest BCUT2D eigenvalue weighted by Gasteiger charge is 2.18. The molecule has 1 heterocycles. The quantitative estimate of drug-likeness (QED) is 0.830. The van der Waals surface area contributed by atoms with Crippen LogP contribution in [0, 0.1) is 0 Å². The third-order valence-electron chi connectivity index (χ3n) is 5.29. The highest BCUT2D eigenvalue weighted by atomic mass is 32.1. The number of carbonyl (C=O) groups excluding carboxylic acids is 1. The average Bonchev–Trinajstić information content (AvgIpc) is 3.29. The van der Waals surface area contributed by atoms with Crippen molar-refractivity contribution in [2.45, 2.75) is 64.0 Å². The van der Waals surface area contributed by atoms with Gasteiger partial charge in [-0.1, -0.05) is 25.3 Å². The lowest BCUT2D eigenvalue weighted by atomic mass is 9.95. The molecule has 0 spiro atoms. The number of rotatable bonds is 5. The molecule has 0 saturated heterocycles. The van der Waals surface area contributed by atoms with Gasteiger partial charge in [-0.3, -0.25) is 4.79 Å². The van der Waals surface area contributed by atoms with E-state index in [4.69, 9.17) is 4.74 Å². The van der Waals surface area contributed by atoms with E-state index >= 15 is 0 Å². The number of benzene rings is 1. The zero-order valence-corrected chi connectivity index (χ0v) is 15.4. The molecular formula is C21H25NO2S. The van der Waals surface area contributed by atoms with Crippen LogP contribution in [0.15, 0.2) is 29.6 Å². The van der Waals surface area contributed by atoms with E-state index in [1.165, 1.54) is 54.6 Å². The fourth-order valence-electron chi connectivity index (χ4n) is 3.88. The summed E-state index contributed by atoms with van der Waals surface area (Å²) < 4.78 is 5.94. The van der Waals surface area contributed by atoms with Crippen molar-refractivity contribution >= 4 is 17.2 Å². The lowest BCUT2D eigenvalue weighted by Crippen LogP contribution is -2.35. The van der Waals surface area contributed by atoms with Crippen LogP contribution in [0.4, 0.5) is 0 Å². The van der Waals surface area contributed by atoms with Crippen molar-refractivity contribution in [3.05, 3.63) is 51.2 Å². The Morgan fingerprint density at radius 1 is 1.08 bits per heavy atom. The molecule has 0 bridgehead atoms. The first-order valence-electron chi connectivity index (χ1n) is 9.41. The lowest BCUT2D eigenvalue weighted by Gasteiger charge is -2.22. The first-order valence-corrected chi connectivity index (χ1v) is 10.3. The van der Waals surface area contributed by atoms with E-state index in [-0.39, 0.29) is 5.91 Å². The Hall–Kier alpha value is -1.81. The van der Waals surface area contributed by atoms with Gasteiger partial charge >= 0.3 is 0 Å². The molecule has 2 aliphatic carbocycles. The first kappa shape index (κ1) is 16.6. The molecule has 132 valence electrons. The number of thiophene rings is 1. The maximum Gasteiger partial charge on any atom is 0.261 e. The van der Waals surface area contributed by atoms with E-state index in [0.717, 1.165) is 35.5 Å². The maximum atomic E-state index is 12.4. The molecule has 0 unspecified atom stereocenters. The summed E-state index contributed by atoms with van der Waals surface area (Å²) in [4.78, 5) is 13.2. The summed E-state index contributed by atoms with van der Waals surface area (Å²) in [5.74, 6) is 1.00. The van der Waals surface area contributed by atoms with Gasteiger partial charge in [0.2, 0.25) is 0 Å². The standard InChI is InChI=1S/C21H25NO2S/c23-21(22-18-7-2-1-3-8-18)20-11-15(14-25-20)13-24-19-10-9-16-5-4-6-17(16)12-19/h9-12,14,18H,1-8,13H2,(H,22,23). The highest BCUT2D eigenvalue weighted by Crippen LogP contribution is 2.27. The summed E-state index contributed by atoms with van der Waals surface area (Å²) in [5.41, 5.74) is 3.96. The van der Waals surface area contributed by atoms with Crippen molar-refractivity contribution in [1.82, 2.24) is 5.32 Å². The van der Waals surface area contributed by atoms with Gasteiger partial charge < -0.3 is 10.1 Å². The van der Waals surface area contributed by atoms with E-state index in [1.807, 2.05) is 11.4 Å². The SMILES string of the molecule is O=C(NC1CCCCC1)c1cc(COc2ccc3c(c2)CCC3)cs1. The second-order valence-electron chi connectivity index (χ2n) is 7.20. The second-order valence-corrected chi connectivity index (χ2v) is 8.11. The van der Waals surface area contributed by atoms with Crippen LogP contribution in [0.1, 0.15) is 64.9 Å². The van der Waals surface area contributed by atoms with Gasteiger partial charge in [-0.2, -0.15) is 0 Å². The summed E-state index contributed by atoms with van der Waals surface area (Å²) in [6.07, 6.45) is 9.61.